The Bertz CT molecular complexity index is 434. The van der Waals surface area contributed by atoms with Crippen molar-refractivity contribution in [2.75, 3.05) is 10.4 Å². The number of hydrogen-bond donors (Lipinski definition) is 1. The summed E-state index contributed by atoms with van der Waals surface area (Å²) in [6.45, 7) is 2.28. The second kappa shape index (κ2) is 5.37. The molecule has 1 aliphatic carbocycles. The molecule has 1 aromatic carbocycles. The van der Waals surface area contributed by atoms with Crippen molar-refractivity contribution >= 4 is 20.8 Å². The Morgan fingerprint density at radius 3 is 2.71 bits per heavy atom. The lowest BCUT2D eigenvalue weighted by Gasteiger charge is -2.23. The van der Waals surface area contributed by atoms with E-state index in [2.05, 4.69) is 39.2 Å². The summed E-state index contributed by atoms with van der Waals surface area (Å²) in [6, 6.07) is 7.96. The molecule has 2 atom stereocenters. The topological polar surface area (TPSA) is 29.3 Å². The first-order valence-corrected chi connectivity index (χ1v) is 6.44. The first-order valence-electron chi connectivity index (χ1n) is 5.93. The summed E-state index contributed by atoms with van der Waals surface area (Å²) in [5, 5.41) is 0. The molecule has 0 fully saturated rings. The SMILES string of the molecule is CC1CC=CC=C(N(P)c2ccc(N)cc2)C1. The fourth-order valence-corrected chi connectivity index (χ4v) is 2.34. The van der Waals surface area contributed by atoms with E-state index in [-0.39, 0.29) is 0 Å². The predicted molar refractivity (Wildman–Crippen MR) is 78.7 cm³/mol. The number of benzene rings is 1. The molecular formula is C14H19N2P. The average molecular weight is 246 g/mol. The minimum atomic E-state index is 0.692. The van der Waals surface area contributed by atoms with Crippen molar-refractivity contribution in [2.24, 2.45) is 5.92 Å². The largest absolute Gasteiger partial charge is 0.399 e. The van der Waals surface area contributed by atoms with Crippen molar-refractivity contribution in [1.82, 2.24) is 0 Å². The third-order valence-corrected chi connectivity index (χ3v) is 3.63. The number of nitrogen functional groups attached to an aromatic ring is 1. The van der Waals surface area contributed by atoms with Gasteiger partial charge in [-0.2, -0.15) is 0 Å². The minimum absolute atomic E-state index is 0.692. The van der Waals surface area contributed by atoms with Gasteiger partial charge in [0.05, 0.1) is 0 Å². The fourth-order valence-electron chi connectivity index (χ4n) is 1.98. The molecule has 1 aromatic rings. The first-order chi connectivity index (χ1) is 8.16. The lowest BCUT2D eigenvalue weighted by atomic mass is 10.0. The average Bonchev–Trinajstić information content (AvgIpc) is 2.54. The quantitative estimate of drug-likeness (QED) is 0.636. The summed E-state index contributed by atoms with van der Waals surface area (Å²) in [4.78, 5) is 0. The van der Waals surface area contributed by atoms with E-state index in [1.165, 1.54) is 5.70 Å². The molecule has 3 heteroatoms. The van der Waals surface area contributed by atoms with Crippen LogP contribution in [0.1, 0.15) is 19.8 Å². The van der Waals surface area contributed by atoms with Gasteiger partial charge in [0.2, 0.25) is 0 Å². The summed E-state index contributed by atoms with van der Waals surface area (Å²) in [6.07, 6.45) is 8.82. The van der Waals surface area contributed by atoms with Crippen LogP contribution in [0.5, 0.6) is 0 Å². The van der Waals surface area contributed by atoms with Gasteiger partial charge in [0.25, 0.3) is 0 Å². The highest BCUT2D eigenvalue weighted by Gasteiger charge is 2.12. The molecule has 0 spiro atoms. The van der Waals surface area contributed by atoms with E-state index < -0.39 is 0 Å². The van der Waals surface area contributed by atoms with Crippen LogP contribution in [-0.4, -0.2) is 0 Å². The molecule has 0 aliphatic heterocycles. The number of nitrogens with two attached hydrogens (primary N) is 1. The van der Waals surface area contributed by atoms with Crippen LogP contribution in [0.3, 0.4) is 0 Å². The zero-order valence-corrected chi connectivity index (χ0v) is 11.3. The lowest BCUT2D eigenvalue weighted by Crippen LogP contribution is -2.11. The number of hydrogen-bond acceptors (Lipinski definition) is 2. The van der Waals surface area contributed by atoms with Crippen LogP contribution in [0.2, 0.25) is 0 Å². The molecule has 0 saturated heterocycles. The molecule has 0 aromatic heterocycles. The Kier molecular flexibility index (Phi) is 3.86. The number of allylic oxidation sites excluding steroid dienone is 4. The fraction of sp³-hybridized carbons (Fsp3) is 0.286. The number of rotatable bonds is 2. The zero-order valence-electron chi connectivity index (χ0n) is 10.1. The van der Waals surface area contributed by atoms with Gasteiger partial charge in [-0.15, -0.1) is 0 Å². The molecular weight excluding hydrogens is 227 g/mol. The van der Waals surface area contributed by atoms with E-state index in [9.17, 15) is 0 Å². The highest BCUT2D eigenvalue weighted by Crippen LogP contribution is 2.30. The van der Waals surface area contributed by atoms with Gasteiger partial charge in [-0.25, -0.2) is 0 Å². The van der Waals surface area contributed by atoms with Gasteiger partial charge in [-0.3, -0.25) is 0 Å². The van der Waals surface area contributed by atoms with E-state index in [0.29, 0.717) is 5.92 Å². The van der Waals surface area contributed by atoms with Gasteiger partial charge in [0.15, 0.2) is 0 Å². The maximum Gasteiger partial charge on any atom is 0.0439 e. The predicted octanol–water partition coefficient (Wildman–Crippen LogP) is 3.74. The Morgan fingerprint density at radius 1 is 1.29 bits per heavy atom. The molecule has 2 N–H and O–H groups in total. The zero-order chi connectivity index (χ0) is 12.3. The van der Waals surface area contributed by atoms with Crippen molar-refractivity contribution in [3.8, 4) is 0 Å². The molecule has 2 rings (SSSR count). The molecule has 0 saturated carbocycles. The Labute approximate surface area is 105 Å². The van der Waals surface area contributed by atoms with E-state index in [1.807, 2.05) is 24.3 Å². The Hall–Kier alpha value is -1.27. The Morgan fingerprint density at radius 2 is 2.00 bits per heavy atom. The second-order valence-electron chi connectivity index (χ2n) is 4.59. The van der Waals surface area contributed by atoms with Crippen LogP contribution in [0.25, 0.3) is 0 Å². The van der Waals surface area contributed by atoms with Gasteiger partial charge in [0, 0.05) is 17.1 Å². The summed E-state index contributed by atoms with van der Waals surface area (Å²) in [5.41, 5.74) is 8.97. The van der Waals surface area contributed by atoms with E-state index in [4.69, 9.17) is 5.73 Å². The van der Waals surface area contributed by atoms with Crippen LogP contribution >= 0.6 is 9.39 Å². The molecule has 90 valence electrons. The second-order valence-corrected chi connectivity index (χ2v) is 5.11. The Balaban J connectivity index is 2.19. The van der Waals surface area contributed by atoms with E-state index in [0.717, 1.165) is 24.2 Å². The van der Waals surface area contributed by atoms with Gasteiger partial charge in [0.1, 0.15) is 0 Å². The molecule has 0 amide bonds. The molecule has 0 radical (unpaired) electrons. The first kappa shape index (κ1) is 12.2. The van der Waals surface area contributed by atoms with Gasteiger partial charge >= 0.3 is 0 Å². The lowest BCUT2D eigenvalue weighted by molar-refractivity contribution is 0.588. The van der Waals surface area contributed by atoms with Crippen LogP contribution in [0.4, 0.5) is 11.4 Å². The number of anilines is 2. The van der Waals surface area contributed by atoms with E-state index >= 15 is 0 Å². The maximum absolute atomic E-state index is 5.70. The van der Waals surface area contributed by atoms with Crippen molar-refractivity contribution in [1.29, 1.82) is 0 Å². The normalized spacial score (nSPS) is 19.6. The summed E-state index contributed by atoms with van der Waals surface area (Å²) in [7, 11) is 2.79. The summed E-state index contributed by atoms with van der Waals surface area (Å²) >= 11 is 0. The smallest absolute Gasteiger partial charge is 0.0439 e. The van der Waals surface area contributed by atoms with Crippen molar-refractivity contribution in [2.45, 2.75) is 19.8 Å². The maximum atomic E-state index is 5.70. The van der Waals surface area contributed by atoms with Crippen LogP contribution in [-0.2, 0) is 0 Å². The minimum Gasteiger partial charge on any atom is -0.399 e. The van der Waals surface area contributed by atoms with Crippen LogP contribution < -0.4 is 10.4 Å². The van der Waals surface area contributed by atoms with Crippen molar-refractivity contribution in [3.63, 3.8) is 0 Å². The van der Waals surface area contributed by atoms with Crippen LogP contribution in [0.15, 0.2) is 48.2 Å². The highest BCUT2D eigenvalue weighted by atomic mass is 31.0. The molecule has 2 unspecified atom stereocenters. The third-order valence-electron chi connectivity index (χ3n) is 3.00. The van der Waals surface area contributed by atoms with Gasteiger partial charge in [-0.05, 0) is 58.5 Å². The van der Waals surface area contributed by atoms with E-state index in [1.54, 1.807) is 0 Å². The summed E-state index contributed by atoms with van der Waals surface area (Å²) < 4.78 is 2.16. The monoisotopic (exact) mass is 246 g/mol. The highest BCUT2D eigenvalue weighted by molar-refractivity contribution is 7.19. The van der Waals surface area contributed by atoms with Gasteiger partial charge in [-0.1, -0.05) is 19.1 Å². The van der Waals surface area contributed by atoms with Crippen LogP contribution in [0, 0.1) is 5.92 Å². The molecule has 17 heavy (non-hydrogen) atoms. The van der Waals surface area contributed by atoms with Crippen molar-refractivity contribution in [3.05, 3.63) is 48.2 Å². The van der Waals surface area contributed by atoms with Gasteiger partial charge < -0.3 is 10.4 Å². The standard InChI is InChI=1S/C14H19N2P/c1-11-4-2-3-5-14(10-11)16(17)13-8-6-12(15)7-9-13/h2-3,5-9,11H,4,10,15,17H2,1H3. The summed E-state index contributed by atoms with van der Waals surface area (Å²) in [5.74, 6) is 0.692. The third kappa shape index (κ3) is 3.10. The molecule has 0 bridgehead atoms. The number of nitrogens with zero attached hydrogens (tertiary/aromatic N) is 1. The van der Waals surface area contributed by atoms with Crippen molar-refractivity contribution < 1.29 is 0 Å². The molecule has 1 aliphatic rings. The molecule has 0 heterocycles. The molecule has 2 nitrogen and oxygen atoms in total.